The van der Waals surface area contributed by atoms with E-state index in [1.807, 2.05) is 0 Å². The first-order valence-electron chi connectivity index (χ1n) is 4.76. The summed E-state index contributed by atoms with van der Waals surface area (Å²) in [5.41, 5.74) is 5.43. The molecule has 0 aromatic carbocycles. The van der Waals surface area contributed by atoms with Crippen LogP contribution in [0.2, 0.25) is 0 Å². The Morgan fingerprint density at radius 1 is 1.42 bits per heavy atom. The van der Waals surface area contributed by atoms with E-state index in [0.717, 1.165) is 32.6 Å². The lowest BCUT2D eigenvalue weighted by Gasteiger charge is -2.27. The molecule has 0 saturated heterocycles. The van der Waals surface area contributed by atoms with Gasteiger partial charge in [0.15, 0.2) is 0 Å². The molecule has 12 heavy (non-hydrogen) atoms. The summed E-state index contributed by atoms with van der Waals surface area (Å²) in [5.74, 6) is 0. The molecule has 0 aliphatic carbocycles. The third-order valence-electron chi connectivity index (χ3n) is 2.16. The summed E-state index contributed by atoms with van der Waals surface area (Å²) in [5, 5.41) is 4.62. The highest BCUT2D eigenvalue weighted by Crippen LogP contribution is 2.07. The van der Waals surface area contributed by atoms with Gasteiger partial charge in [0.1, 0.15) is 0 Å². The molecular weight excluding hydrogens is 150 g/mol. The molecule has 0 unspecified atom stereocenters. The minimum atomic E-state index is 0.809. The van der Waals surface area contributed by atoms with Crippen LogP contribution in [0.1, 0.15) is 19.8 Å². The molecule has 0 aromatic rings. The van der Waals surface area contributed by atoms with E-state index in [0.29, 0.717) is 0 Å². The zero-order chi connectivity index (χ0) is 8.81. The van der Waals surface area contributed by atoms with Crippen molar-refractivity contribution in [1.82, 2.24) is 10.0 Å². The van der Waals surface area contributed by atoms with Crippen LogP contribution in [0.15, 0.2) is 12.3 Å². The molecule has 1 heterocycles. The number of unbranched alkanes of at least 4 members (excludes halogenated alkanes) is 1. The smallest absolute Gasteiger partial charge is 0.0378 e. The first-order valence-corrected chi connectivity index (χ1v) is 4.76. The fourth-order valence-electron chi connectivity index (χ4n) is 1.43. The summed E-state index contributed by atoms with van der Waals surface area (Å²) in [7, 11) is 0. The van der Waals surface area contributed by atoms with E-state index in [4.69, 9.17) is 5.73 Å². The number of likely N-dealkylation sites (N-methyl/N-ethyl adjacent to an activating group) is 1. The molecule has 70 valence electrons. The van der Waals surface area contributed by atoms with Gasteiger partial charge in [0, 0.05) is 25.8 Å². The normalized spacial score (nSPS) is 17.7. The Morgan fingerprint density at radius 2 is 2.25 bits per heavy atom. The van der Waals surface area contributed by atoms with Crippen LogP contribution in [0.4, 0.5) is 0 Å². The Balaban J connectivity index is 2.17. The summed E-state index contributed by atoms with van der Waals surface area (Å²) >= 11 is 0. The molecule has 1 rings (SSSR count). The lowest BCUT2D eigenvalue weighted by Crippen LogP contribution is -2.35. The maximum atomic E-state index is 5.43. The van der Waals surface area contributed by atoms with Crippen molar-refractivity contribution in [2.24, 2.45) is 5.73 Å². The van der Waals surface area contributed by atoms with Gasteiger partial charge in [-0.15, -0.1) is 0 Å². The summed E-state index contributed by atoms with van der Waals surface area (Å²) in [6.07, 6.45) is 6.69. The Kier molecular flexibility index (Phi) is 4.11. The summed E-state index contributed by atoms with van der Waals surface area (Å²) in [6, 6.07) is 0. The molecule has 0 atom stereocenters. The van der Waals surface area contributed by atoms with E-state index in [2.05, 4.69) is 29.2 Å². The van der Waals surface area contributed by atoms with Crippen LogP contribution in [0.3, 0.4) is 0 Å². The van der Waals surface area contributed by atoms with Gasteiger partial charge in [-0.05, 0) is 19.4 Å². The number of hydrogen-bond acceptors (Lipinski definition) is 3. The third kappa shape index (κ3) is 2.50. The van der Waals surface area contributed by atoms with Crippen LogP contribution in [0.25, 0.3) is 0 Å². The molecular formula is C9H19N3. The van der Waals surface area contributed by atoms with E-state index in [1.165, 1.54) is 6.42 Å². The van der Waals surface area contributed by atoms with E-state index in [-0.39, 0.29) is 0 Å². The first kappa shape index (κ1) is 9.55. The van der Waals surface area contributed by atoms with Crippen molar-refractivity contribution >= 4 is 0 Å². The lowest BCUT2D eigenvalue weighted by molar-refractivity contribution is 0.0568. The van der Waals surface area contributed by atoms with Crippen LogP contribution < -0.4 is 5.73 Å². The van der Waals surface area contributed by atoms with Crippen molar-refractivity contribution in [2.75, 3.05) is 26.2 Å². The van der Waals surface area contributed by atoms with Gasteiger partial charge in [-0.3, -0.25) is 0 Å². The van der Waals surface area contributed by atoms with Crippen molar-refractivity contribution < 1.29 is 0 Å². The second-order valence-electron chi connectivity index (χ2n) is 3.05. The second-order valence-corrected chi connectivity index (χ2v) is 3.05. The Bertz CT molecular complexity index is 145. The molecule has 0 aromatic heterocycles. The van der Waals surface area contributed by atoms with Gasteiger partial charge >= 0.3 is 0 Å². The monoisotopic (exact) mass is 169 g/mol. The summed E-state index contributed by atoms with van der Waals surface area (Å²) < 4.78 is 0. The Labute approximate surface area is 74.8 Å². The highest BCUT2D eigenvalue weighted by molar-refractivity contribution is 4.90. The van der Waals surface area contributed by atoms with Gasteiger partial charge in [0.25, 0.3) is 0 Å². The molecule has 3 heteroatoms. The lowest BCUT2D eigenvalue weighted by atomic mass is 10.3. The van der Waals surface area contributed by atoms with Crippen LogP contribution in [-0.4, -0.2) is 36.2 Å². The number of rotatable bonds is 5. The van der Waals surface area contributed by atoms with Crippen LogP contribution in [-0.2, 0) is 0 Å². The van der Waals surface area contributed by atoms with Crippen molar-refractivity contribution in [1.29, 1.82) is 0 Å². The van der Waals surface area contributed by atoms with Gasteiger partial charge < -0.3 is 10.7 Å². The molecule has 0 bridgehead atoms. The topological polar surface area (TPSA) is 32.5 Å². The van der Waals surface area contributed by atoms with Crippen molar-refractivity contribution in [3.8, 4) is 0 Å². The maximum absolute atomic E-state index is 5.43. The molecule has 0 saturated carbocycles. The summed E-state index contributed by atoms with van der Waals surface area (Å²) in [4.78, 5) is 0. The number of nitrogens with zero attached hydrogens (tertiary/aromatic N) is 2. The fourth-order valence-corrected chi connectivity index (χ4v) is 1.43. The van der Waals surface area contributed by atoms with Crippen LogP contribution in [0.5, 0.6) is 0 Å². The molecule has 0 amide bonds. The quantitative estimate of drug-likeness (QED) is 0.618. The standard InChI is InChI=1S/C9H19N3/c1-2-11-8-5-9-12(11)7-4-3-6-10/h5,9H,2-4,6-8,10H2,1H3. The molecule has 0 spiro atoms. The predicted octanol–water partition coefficient (Wildman–Crippen LogP) is 0.791. The van der Waals surface area contributed by atoms with E-state index >= 15 is 0 Å². The average Bonchev–Trinajstić information content (AvgIpc) is 2.52. The van der Waals surface area contributed by atoms with Gasteiger partial charge in [-0.25, -0.2) is 5.01 Å². The molecule has 1 aliphatic rings. The van der Waals surface area contributed by atoms with Gasteiger partial charge in [0.2, 0.25) is 0 Å². The van der Waals surface area contributed by atoms with Crippen molar-refractivity contribution in [3.63, 3.8) is 0 Å². The summed E-state index contributed by atoms with van der Waals surface area (Å²) in [6.45, 7) is 6.27. The Hall–Kier alpha value is -0.540. The molecule has 0 fully saturated rings. The van der Waals surface area contributed by atoms with E-state index in [9.17, 15) is 0 Å². The fraction of sp³-hybridized carbons (Fsp3) is 0.778. The zero-order valence-electron chi connectivity index (χ0n) is 7.87. The minimum absolute atomic E-state index is 0.809. The highest BCUT2D eigenvalue weighted by Gasteiger charge is 2.12. The largest absolute Gasteiger partial charge is 0.330 e. The third-order valence-corrected chi connectivity index (χ3v) is 2.16. The number of hydrogen-bond donors (Lipinski definition) is 1. The maximum Gasteiger partial charge on any atom is 0.0378 e. The molecule has 0 radical (unpaired) electrons. The van der Waals surface area contributed by atoms with E-state index < -0.39 is 0 Å². The number of nitrogens with two attached hydrogens (primary N) is 1. The van der Waals surface area contributed by atoms with Crippen molar-refractivity contribution in [2.45, 2.75) is 19.8 Å². The predicted molar refractivity (Wildman–Crippen MR) is 51.4 cm³/mol. The zero-order valence-corrected chi connectivity index (χ0v) is 7.87. The van der Waals surface area contributed by atoms with Crippen LogP contribution in [0, 0.1) is 0 Å². The van der Waals surface area contributed by atoms with E-state index in [1.54, 1.807) is 0 Å². The number of hydrazine groups is 1. The van der Waals surface area contributed by atoms with Gasteiger partial charge in [-0.1, -0.05) is 13.0 Å². The first-order chi connectivity index (χ1) is 5.88. The molecule has 3 nitrogen and oxygen atoms in total. The molecule has 2 N–H and O–H groups in total. The van der Waals surface area contributed by atoms with Gasteiger partial charge in [-0.2, -0.15) is 0 Å². The highest BCUT2D eigenvalue weighted by atomic mass is 15.6. The van der Waals surface area contributed by atoms with Gasteiger partial charge in [0.05, 0.1) is 0 Å². The Morgan fingerprint density at radius 3 is 2.92 bits per heavy atom. The molecule has 1 aliphatic heterocycles. The van der Waals surface area contributed by atoms with Crippen molar-refractivity contribution in [3.05, 3.63) is 12.3 Å². The minimum Gasteiger partial charge on any atom is -0.330 e. The average molecular weight is 169 g/mol. The van der Waals surface area contributed by atoms with Crippen LogP contribution >= 0.6 is 0 Å². The SMILES string of the molecule is CCN1CC=CN1CCCCN. The second kappa shape index (κ2) is 5.17.